The molecule has 1 rings (SSSR count). The van der Waals surface area contributed by atoms with Gasteiger partial charge in [-0.15, -0.1) is 0 Å². The molecule has 1 aromatic heterocycles. The molecule has 0 spiro atoms. The molecule has 0 atom stereocenters. The third kappa shape index (κ3) is 3.07. The van der Waals surface area contributed by atoms with E-state index < -0.39 is 0 Å². The van der Waals surface area contributed by atoms with Crippen molar-refractivity contribution in [3.05, 3.63) is 17.5 Å². The number of rotatable bonds is 5. The lowest BCUT2D eigenvalue weighted by Gasteiger charge is -2.23. The number of aryl methyl sites for hydroxylation is 2. The standard InChI is InChI=1S/C12H20N4/c1-5-11-8-12(15(4)14-11)9-16(7-6-13)10(2)3/h8,10H,5,7,9H2,1-4H3. The van der Waals surface area contributed by atoms with Crippen molar-refractivity contribution in [3.8, 4) is 6.07 Å². The minimum absolute atomic E-state index is 0.375. The first-order valence-electron chi connectivity index (χ1n) is 5.71. The van der Waals surface area contributed by atoms with Gasteiger partial charge in [0.1, 0.15) is 0 Å². The first kappa shape index (κ1) is 12.7. The van der Waals surface area contributed by atoms with Crippen molar-refractivity contribution in [2.75, 3.05) is 6.54 Å². The van der Waals surface area contributed by atoms with E-state index in [-0.39, 0.29) is 0 Å². The molecule has 0 unspecified atom stereocenters. The van der Waals surface area contributed by atoms with E-state index in [1.165, 1.54) is 5.69 Å². The van der Waals surface area contributed by atoms with Crippen LogP contribution in [0.15, 0.2) is 6.07 Å². The number of aromatic nitrogens is 2. The Kier molecular flexibility index (Phi) is 4.51. The normalized spacial score (nSPS) is 11.1. The van der Waals surface area contributed by atoms with Gasteiger partial charge >= 0.3 is 0 Å². The third-order valence-electron chi connectivity index (χ3n) is 2.76. The third-order valence-corrected chi connectivity index (χ3v) is 2.76. The van der Waals surface area contributed by atoms with Crippen LogP contribution in [-0.4, -0.2) is 27.3 Å². The van der Waals surface area contributed by atoms with Crippen LogP contribution < -0.4 is 0 Å². The molecule has 1 heterocycles. The van der Waals surface area contributed by atoms with Gasteiger partial charge in [-0.2, -0.15) is 10.4 Å². The topological polar surface area (TPSA) is 44.9 Å². The van der Waals surface area contributed by atoms with E-state index >= 15 is 0 Å². The molecule has 0 aliphatic rings. The number of hydrogen-bond acceptors (Lipinski definition) is 3. The molecule has 0 aliphatic heterocycles. The molecule has 88 valence electrons. The second-order valence-electron chi connectivity index (χ2n) is 4.26. The van der Waals surface area contributed by atoms with Crippen molar-refractivity contribution in [1.82, 2.24) is 14.7 Å². The van der Waals surface area contributed by atoms with E-state index in [1.807, 2.05) is 11.7 Å². The first-order chi connectivity index (χ1) is 7.58. The van der Waals surface area contributed by atoms with Crippen LogP contribution in [0.1, 0.15) is 32.2 Å². The predicted molar refractivity (Wildman–Crippen MR) is 63.7 cm³/mol. The van der Waals surface area contributed by atoms with Crippen molar-refractivity contribution in [3.63, 3.8) is 0 Å². The van der Waals surface area contributed by atoms with E-state index in [4.69, 9.17) is 5.26 Å². The minimum atomic E-state index is 0.375. The molecule has 0 aliphatic carbocycles. The van der Waals surface area contributed by atoms with Crippen LogP contribution in [-0.2, 0) is 20.0 Å². The summed E-state index contributed by atoms with van der Waals surface area (Å²) < 4.78 is 1.91. The van der Waals surface area contributed by atoms with Crippen LogP contribution in [0.5, 0.6) is 0 Å². The largest absolute Gasteiger partial charge is 0.282 e. The van der Waals surface area contributed by atoms with Crippen molar-refractivity contribution in [1.29, 1.82) is 5.26 Å². The molecule has 0 aromatic carbocycles. The average Bonchev–Trinajstić information content (AvgIpc) is 2.59. The zero-order chi connectivity index (χ0) is 12.1. The zero-order valence-corrected chi connectivity index (χ0v) is 10.6. The molecule has 0 saturated heterocycles. The van der Waals surface area contributed by atoms with Crippen molar-refractivity contribution in [2.24, 2.45) is 7.05 Å². The highest BCUT2D eigenvalue weighted by molar-refractivity contribution is 5.10. The molecule has 0 bridgehead atoms. The maximum atomic E-state index is 8.77. The molecule has 1 aromatic rings. The number of nitrogens with zero attached hydrogens (tertiary/aromatic N) is 4. The van der Waals surface area contributed by atoms with Crippen molar-refractivity contribution in [2.45, 2.75) is 39.8 Å². The summed E-state index contributed by atoms with van der Waals surface area (Å²) in [5, 5.41) is 13.2. The lowest BCUT2D eigenvalue weighted by molar-refractivity contribution is 0.234. The van der Waals surface area contributed by atoms with Gasteiger partial charge in [-0.3, -0.25) is 9.58 Å². The minimum Gasteiger partial charge on any atom is -0.282 e. The maximum absolute atomic E-state index is 8.77. The van der Waals surface area contributed by atoms with E-state index in [9.17, 15) is 0 Å². The quantitative estimate of drug-likeness (QED) is 0.710. The second-order valence-corrected chi connectivity index (χ2v) is 4.26. The maximum Gasteiger partial charge on any atom is 0.0871 e. The van der Waals surface area contributed by atoms with Crippen molar-refractivity contribution < 1.29 is 0 Å². The lowest BCUT2D eigenvalue weighted by Crippen LogP contribution is -2.31. The van der Waals surface area contributed by atoms with Crippen LogP contribution in [0.25, 0.3) is 0 Å². The van der Waals surface area contributed by atoms with Crippen LogP contribution in [0.2, 0.25) is 0 Å². The van der Waals surface area contributed by atoms with Gasteiger partial charge in [0.25, 0.3) is 0 Å². The molecule has 0 saturated carbocycles. The Bertz CT molecular complexity index is 373. The summed E-state index contributed by atoms with van der Waals surface area (Å²) in [4.78, 5) is 2.14. The highest BCUT2D eigenvalue weighted by atomic mass is 15.3. The highest BCUT2D eigenvalue weighted by Gasteiger charge is 2.12. The van der Waals surface area contributed by atoms with Gasteiger partial charge in [-0.05, 0) is 26.3 Å². The summed E-state index contributed by atoms with van der Waals surface area (Å²) in [7, 11) is 1.96. The summed E-state index contributed by atoms with van der Waals surface area (Å²) in [6.45, 7) is 7.56. The van der Waals surface area contributed by atoms with Gasteiger partial charge in [0, 0.05) is 19.6 Å². The van der Waals surface area contributed by atoms with E-state index in [1.54, 1.807) is 0 Å². The number of nitriles is 1. The van der Waals surface area contributed by atoms with Gasteiger partial charge in [0.2, 0.25) is 0 Å². The van der Waals surface area contributed by atoms with Gasteiger partial charge < -0.3 is 0 Å². The molecule has 0 radical (unpaired) electrons. The molecule has 16 heavy (non-hydrogen) atoms. The summed E-state index contributed by atoms with van der Waals surface area (Å²) in [5.41, 5.74) is 2.28. The van der Waals surface area contributed by atoms with E-state index in [0.29, 0.717) is 12.6 Å². The van der Waals surface area contributed by atoms with Gasteiger partial charge in [0.15, 0.2) is 0 Å². The van der Waals surface area contributed by atoms with Crippen LogP contribution >= 0.6 is 0 Å². The molecule has 4 nitrogen and oxygen atoms in total. The second kappa shape index (κ2) is 5.66. The van der Waals surface area contributed by atoms with Crippen LogP contribution in [0.3, 0.4) is 0 Å². The Morgan fingerprint density at radius 2 is 2.25 bits per heavy atom. The Labute approximate surface area is 97.5 Å². The average molecular weight is 220 g/mol. The molecule has 4 heteroatoms. The predicted octanol–water partition coefficient (Wildman–Crippen LogP) is 1.72. The molecular formula is C12H20N4. The fraction of sp³-hybridized carbons (Fsp3) is 0.667. The fourth-order valence-corrected chi connectivity index (χ4v) is 1.61. The molecule has 0 N–H and O–H groups in total. The smallest absolute Gasteiger partial charge is 0.0871 e. The summed E-state index contributed by atoms with van der Waals surface area (Å²) in [5.74, 6) is 0. The Morgan fingerprint density at radius 1 is 1.56 bits per heavy atom. The zero-order valence-electron chi connectivity index (χ0n) is 10.6. The number of hydrogen-bond donors (Lipinski definition) is 0. The molecule has 0 fully saturated rings. The van der Waals surface area contributed by atoms with E-state index in [0.717, 1.165) is 18.7 Å². The summed E-state index contributed by atoms with van der Waals surface area (Å²) in [6, 6.07) is 4.70. The lowest BCUT2D eigenvalue weighted by atomic mass is 10.2. The van der Waals surface area contributed by atoms with E-state index in [2.05, 4.69) is 42.9 Å². The van der Waals surface area contributed by atoms with Gasteiger partial charge in [0.05, 0.1) is 24.0 Å². The molecular weight excluding hydrogens is 200 g/mol. The van der Waals surface area contributed by atoms with Crippen LogP contribution in [0, 0.1) is 11.3 Å². The first-order valence-corrected chi connectivity index (χ1v) is 5.71. The SMILES string of the molecule is CCc1cc(CN(CC#N)C(C)C)n(C)n1. The fourth-order valence-electron chi connectivity index (χ4n) is 1.61. The summed E-state index contributed by atoms with van der Waals surface area (Å²) in [6.07, 6.45) is 0.952. The van der Waals surface area contributed by atoms with Gasteiger partial charge in [-0.1, -0.05) is 6.92 Å². The monoisotopic (exact) mass is 220 g/mol. The van der Waals surface area contributed by atoms with Crippen LogP contribution in [0.4, 0.5) is 0 Å². The molecule has 0 amide bonds. The van der Waals surface area contributed by atoms with Gasteiger partial charge in [-0.25, -0.2) is 0 Å². The van der Waals surface area contributed by atoms with Crippen molar-refractivity contribution >= 4 is 0 Å². The highest BCUT2D eigenvalue weighted by Crippen LogP contribution is 2.09. The Balaban J connectivity index is 2.77. The summed E-state index contributed by atoms with van der Waals surface area (Å²) >= 11 is 0. The Morgan fingerprint density at radius 3 is 2.69 bits per heavy atom. The Hall–Kier alpha value is -1.34.